The van der Waals surface area contributed by atoms with E-state index in [0.717, 1.165) is 31.5 Å². The second kappa shape index (κ2) is 8.26. The summed E-state index contributed by atoms with van der Waals surface area (Å²) in [6, 6.07) is 5.47. The van der Waals surface area contributed by atoms with Crippen molar-refractivity contribution in [1.29, 1.82) is 0 Å². The molecule has 0 atom stereocenters. The van der Waals surface area contributed by atoms with Crippen LogP contribution in [-0.4, -0.2) is 50.9 Å². The summed E-state index contributed by atoms with van der Waals surface area (Å²) in [6.07, 6.45) is 4.84. The third-order valence-electron chi connectivity index (χ3n) is 3.60. The Hall–Kier alpha value is -2.24. The number of hydrogen-bond donors (Lipinski definition) is 0. The van der Waals surface area contributed by atoms with Gasteiger partial charge in [-0.2, -0.15) is 0 Å². The van der Waals surface area contributed by atoms with E-state index in [4.69, 9.17) is 14.3 Å². The van der Waals surface area contributed by atoms with Crippen LogP contribution >= 0.6 is 0 Å². The van der Waals surface area contributed by atoms with Gasteiger partial charge in [0, 0.05) is 18.7 Å². The standard InChI is InChI=1S/C16H22N2O4/c1-20-14-8-6-7-13(16(14)21-2)11-17-22-12-15(19)18-9-4-3-5-10-18/h6-8,11H,3-5,9-10,12H2,1-2H3/b17-11-. The molecule has 0 saturated carbocycles. The fraction of sp³-hybridized carbons (Fsp3) is 0.500. The number of amides is 1. The summed E-state index contributed by atoms with van der Waals surface area (Å²) < 4.78 is 10.5. The van der Waals surface area contributed by atoms with Crippen LogP contribution in [0.15, 0.2) is 23.4 Å². The van der Waals surface area contributed by atoms with Gasteiger partial charge in [-0.1, -0.05) is 11.2 Å². The lowest BCUT2D eigenvalue weighted by atomic mass is 10.1. The molecule has 0 unspecified atom stereocenters. The lowest BCUT2D eigenvalue weighted by Gasteiger charge is -2.25. The Morgan fingerprint density at radius 3 is 2.68 bits per heavy atom. The van der Waals surface area contributed by atoms with E-state index in [1.807, 2.05) is 17.0 Å². The highest BCUT2D eigenvalue weighted by Gasteiger charge is 2.16. The minimum atomic E-state index is -0.0389. The monoisotopic (exact) mass is 306 g/mol. The van der Waals surface area contributed by atoms with E-state index in [-0.39, 0.29) is 12.5 Å². The van der Waals surface area contributed by atoms with E-state index >= 15 is 0 Å². The maximum absolute atomic E-state index is 11.9. The van der Waals surface area contributed by atoms with Crippen LogP contribution in [0.5, 0.6) is 11.5 Å². The van der Waals surface area contributed by atoms with Crippen LogP contribution in [0.4, 0.5) is 0 Å². The fourth-order valence-corrected chi connectivity index (χ4v) is 2.43. The number of oxime groups is 1. The molecule has 1 saturated heterocycles. The number of benzene rings is 1. The highest BCUT2D eigenvalue weighted by atomic mass is 16.6. The van der Waals surface area contributed by atoms with Crippen molar-refractivity contribution in [3.8, 4) is 11.5 Å². The summed E-state index contributed by atoms with van der Waals surface area (Å²) in [5, 5.41) is 3.85. The molecule has 0 bridgehead atoms. The Bertz CT molecular complexity index is 525. The zero-order valence-corrected chi connectivity index (χ0v) is 13.1. The van der Waals surface area contributed by atoms with Gasteiger partial charge < -0.3 is 19.2 Å². The van der Waals surface area contributed by atoms with Crippen molar-refractivity contribution in [2.24, 2.45) is 5.16 Å². The molecule has 1 aromatic rings. The van der Waals surface area contributed by atoms with Gasteiger partial charge in [-0.15, -0.1) is 0 Å². The topological polar surface area (TPSA) is 60.4 Å². The first kappa shape index (κ1) is 16.1. The van der Waals surface area contributed by atoms with E-state index in [1.54, 1.807) is 20.3 Å². The van der Waals surface area contributed by atoms with Crippen molar-refractivity contribution in [3.05, 3.63) is 23.8 Å². The molecule has 1 aliphatic rings. The Morgan fingerprint density at radius 1 is 1.23 bits per heavy atom. The predicted octanol–water partition coefficient (Wildman–Crippen LogP) is 2.07. The second-order valence-corrected chi connectivity index (χ2v) is 5.03. The van der Waals surface area contributed by atoms with Gasteiger partial charge in [0.25, 0.3) is 5.91 Å². The van der Waals surface area contributed by atoms with Gasteiger partial charge in [0.1, 0.15) is 0 Å². The van der Waals surface area contributed by atoms with E-state index in [9.17, 15) is 4.79 Å². The van der Waals surface area contributed by atoms with Gasteiger partial charge >= 0.3 is 0 Å². The Morgan fingerprint density at radius 2 is 2.00 bits per heavy atom. The van der Waals surface area contributed by atoms with E-state index in [2.05, 4.69) is 5.16 Å². The molecule has 0 spiro atoms. The Labute approximate surface area is 130 Å². The number of piperidine rings is 1. The number of carbonyl (C=O) groups is 1. The molecule has 1 heterocycles. The number of rotatable bonds is 6. The van der Waals surface area contributed by atoms with Crippen molar-refractivity contribution in [2.45, 2.75) is 19.3 Å². The normalized spacial score (nSPS) is 14.9. The molecule has 0 radical (unpaired) electrons. The summed E-state index contributed by atoms with van der Waals surface area (Å²) in [5.41, 5.74) is 0.729. The van der Waals surface area contributed by atoms with Gasteiger partial charge in [0.2, 0.25) is 0 Å². The van der Waals surface area contributed by atoms with E-state index < -0.39 is 0 Å². The molecule has 0 aliphatic carbocycles. The first-order valence-electron chi connectivity index (χ1n) is 7.40. The summed E-state index contributed by atoms with van der Waals surface area (Å²) in [5.74, 6) is 1.19. The molecule has 120 valence electrons. The molecule has 0 N–H and O–H groups in total. The van der Waals surface area contributed by atoms with Gasteiger partial charge in [0.15, 0.2) is 18.1 Å². The smallest absolute Gasteiger partial charge is 0.263 e. The van der Waals surface area contributed by atoms with Crippen LogP contribution in [0.25, 0.3) is 0 Å². The highest BCUT2D eigenvalue weighted by Crippen LogP contribution is 2.29. The SMILES string of the molecule is COc1cccc(/C=N\OCC(=O)N2CCCCC2)c1OC. The predicted molar refractivity (Wildman–Crippen MR) is 83.5 cm³/mol. The van der Waals surface area contributed by atoms with Crippen LogP contribution in [0.2, 0.25) is 0 Å². The molecule has 6 heteroatoms. The summed E-state index contributed by atoms with van der Waals surface area (Å²) in [6.45, 7) is 1.59. The summed E-state index contributed by atoms with van der Waals surface area (Å²) in [4.78, 5) is 18.8. The van der Waals surface area contributed by atoms with E-state index in [0.29, 0.717) is 11.5 Å². The number of likely N-dealkylation sites (tertiary alicyclic amines) is 1. The average Bonchev–Trinajstić information content (AvgIpc) is 2.58. The van der Waals surface area contributed by atoms with Gasteiger partial charge in [-0.05, 0) is 31.4 Å². The average molecular weight is 306 g/mol. The maximum atomic E-state index is 11.9. The van der Waals surface area contributed by atoms with Crippen molar-refractivity contribution in [3.63, 3.8) is 0 Å². The first-order valence-corrected chi connectivity index (χ1v) is 7.40. The van der Waals surface area contributed by atoms with Gasteiger partial charge in [-0.3, -0.25) is 4.79 Å². The molecule has 1 fully saturated rings. The number of ether oxygens (including phenoxy) is 2. The van der Waals surface area contributed by atoms with Gasteiger partial charge in [-0.25, -0.2) is 0 Å². The van der Waals surface area contributed by atoms with Crippen LogP contribution in [0.3, 0.4) is 0 Å². The highest BCUT2D eigenvalue weighted by molar-refractivity contribution is 5.84. The van der Waals surface area contributed by atoms with Crippen molar-refractivity contribution in [1.82, 2.24) is 4.90 Å². The van der Waals surface area contributed by atoms with Crippen molar-refractivity contribution < 1.29 is 19.1 Å². The van der Waals surface area contributed by atoms with Crippen LogP contribution in [0.1, 0.15) is 24.8 Å². The van der Waals surface area contributed by atoms with Crippen LogP contribution < -0.4 is 9.47 Å². The maximum Gasteiger partial charge on any atom is 0.263 e. The molecule has 6 nitrogen and oxygen atoms in total. The molecule has 2 rings (SSSR count). The Balaban J connectivity index is 1.88. The summed E-state index contributed by atoms with van der Waals surface area (Å²) >= 11 is 0. The molecule has 0 aromatic heterocycles. The number of para-hydroxylation sites is 1. The third kappa shape index (κ3) is 4.13. The summed E-state index contributed by atoms with van der Waals surface area (Å²) in [7, 11) is 3.14. The van der Waals surface area contributed by atoms with Crippen LogP contribution in [-0.2, 0) is 9.63 Å². The minimum absolute atomic E-state index is 0.0190. The largest absolute Gasteiger partial charge is 0.493 e. The molecule has 22 heavy (non-hydrogen) atoms. The molecule has 1 amide bonds. The molecule has 1 aliphatic heterocycles. The fourth-order valence-electron chi connectivity index (χ4n) is 2.43. The number of carbonyl (C=O) groups excluding carboxylic acids is 1. The molecule has 1 aromatic carbocycles. The number of hydrogen-bond acceptors (Lipinski definition) is 5. The first-order chi connectivity index (χ1) is 10.8. The van der Waals surface area contributed by atoms with Crippen molar-refractivity contribution >= 4 is 12.1 Å². The zero-order valence-electron chi connectivity index (χ0n) is 13.1. The lowest BCUT2D eigenvalue weighted by molar-refractivity contribution is -0.136. The molecular weight excluding hydrogens is 284 g/mol. The van der Waals surface area contributed by atoms with Crippen LogP contribution in [0, 0.1) is 0 Å². The third-order valence-corrected chi connectivity index (χ3v) is 3.60. The number of nitrogens with zero attached hydrogens (tertiary/aromatic N) is 2. The minimum Gasteiger partial charge on any atom is -0.493 e. The van der Waals surface area contributed by atoms with Gasteiger partial charge in [0.05, 0.1) is 20.4 Å². The number of methoxy groups -OCH3 is 2. The second-order valence-electron chi connectivity index (χ2n) is 5.03. The van der Waals surface area contributed by atoms with Crippen molar-refractivity contribution in [2.75, 3.05) is 33.9 Å². The quantitative estimate of drug-likeness (QED) is 0.596. The Kier molecular flexibility index (Phi) is 6.06. The lowest BCUT2D eigenvalue weighted by Crippen LogP contribution is -2.37. The zero-order chi connectivity index (χ0) is 15.8. The molecular formula is C16H22N2O4. The van der Waals surface area contributed by atoms with E-state index in [1.165, 1.54) is 12.6 Å².